The van der Waals surface area contributed by atoms with Gasteiger partial charge < -0.3 is 5.11 Å². The Morgan fingerprint density at radius 2 is 2.07 bits per heavy atom. The summed E-state index contributed by atoms with van der Waals surface area (Å²) in [7, 11) is 0. The summed E-state index contributed by atoms with van der Waals surface area (Å²) in [6.45, 7) is -0.271. The van der Waals surface area contributed by atoms with Crippen LogP contribution in [0.1, 0.15) is 24.1 Å². The molecule has 2 nitrogen and oxygen atoms in total. The average Bonchev–Trinajstić information content (AvgIpc) is 2.97. The van der Waals surface area contributed by atoms with E-state index in [0.717, 1.165) is 6.07 Å². The summed E-state index contributed by atoms with van der Waals surface area (Å²) in [5.74, 6) is 0. The fourth-order valence-corrected chi connectivity index (χ4v) is 1.68. The number of hydrogen-bond acceptors (Lipinski definition) is 2. The van der Waals surface area contributed by atoms with Gasteiger partial charge in [-0.15, -0.1) is 0 Å². The molecule has 1 N–H and O–H groups in total. The molecule has 0 saturated heterocycles. The number of hydrogen-bond donors (Lipinski definition) is 1. The Labute approximate surface area is 84.8 Å². The predicted molar refractivity (Wildman–Crippen MR) is 47.2 cm³/mol. The molecule has 1 aromatic heterocycles. The minimum absolute atomic E-state index is 0.0139. The summed E-state index contributed by atoms with van der Waals surface area (Å²) >= 11 is 0. The lowest BCUT2D eigenvalue weighted by atomic mass is 9.98. The van der Waals surface area contributed by atoms with Crippen LogP contribution in [0, 0.1) is 0 Å². The molecule has 0 aliphatic heterocycles. The second-order valence-corrected chi connectivity index (χ2v) is 3.84. The van der Waals surface area contributed by atoms with E-state index in [2.05, 4.69) is 4.98 Å². The van der Waals surface area contributed by atoms with Crippen LogP contribution < -0.4 is 0 Å². The van der Waals surface area contributed by atoms with Gasteiger partial charge in [-0.05, 0) is 25.0 Å². The van der Waals surface area contributed by atoms with Gasteiger partial charge in [-0.25, -0.2) is 0 Å². The lowest BCUT2D eigenvalue weighted by Gasteiger charge is -2.17. The molecule has 0 radical (unpaired) electrons. The first-order chi connectivity index (χ1) is 6.99. The van der Waals surface area contributed by atoms with Crippen molar-refractivity contribution in [3.8, 4) is 0 Å². The van der Waals surface area contributed by atoms with Crippen LogP contribution in [0.3, 0.4) is 0 Å². The van der Waals surface area contributed by atoms with E-state index in [1.807, 2.05) is 0 Å². The van der Waals surface area contributed by atoms with E-state index >= 15 is 0 Å². The Bertz CT molecular complexity index is 371. The van der Waals surface area contributed by atoms with E-state index < -0.39 is 17.2 Å². The lowest BCUT2D eigenvalue weighted by molar-refractivity contribution is -0.138. The van der Waals surface area contributed by atoms with Crippen molar-refractivity contribution >= 4 is 0 Å². The smallest absolute Gasteiger partial charge is 0.395 e. The van der Waals surface area contributed by atoms with Gasteiger partial charge in [0.2, 0.25) is 0 Å². The van der Waals surface area contributed by atoms with Crippen LogP contribution in [0.4, 0.5) is 13.2 Å². The summed E-state index contributed by atoms with van der Waals surface area (Å²) in [6, 6.07) is 2.28. The van der Waals surface area contributed by atoms with Gasteiger partial charge in [-0.2, -0.15) is 13.2 Å². The highest BCUT2D eigenvalue weighted by Gasteiger charge is 2.50. The van der Waals surface area contributed by atoms with Crippen molar-refractivity contribution in [2.75, 3.05) is 6.61 Å². The highest BCUT2D eigenvalue weighted by molar-refractivity contribution is 5.34. The lowest BCUT2D eigenvalue weighted by Crippen LogP contribution is -2.20. The average molecular weight is 217 g/mol. The molecule has 0 aromatic carbocycles. The van der Waals surface area contributed by atoms with Gasteiger partial charge >= 0.3 is 6.18 Å². The SMILES string of the molecule is OCC1(c2ncccc2C(F)(F)F)CC1. The highest BCUT2D eigenvalue weighted by atomic mass is 19.4. The molecule has 5 heteroatoms. The van der Waals surface area contributed by atoms with Crippen molar-refractivity contribution in [1.82, 2.24) is 4.98 Å². The zero-order chi connectivity index (χ0) is 11.1. The predicted octanol–water partition coefficient (Wildman–Crippen LogP) is 2.12. The molecular formula is C10H10F3NO. The number of alkyl halides is 3. The van der Waals surface area contributed by atoms with Crippen molar-refractivity contribution in [1.29, 1.82) is 0 Å². The minimum atomic E-state index is -4.39. The van der Waals surface area contributed by atoms with E-state index in [9.17, 15) is 13.2 Å². The van der Waals surface area contributed by atoms with Crippen molar-refractivity contribution in [3.63, 3.8) is 0 Å². The van der Waals surface area contributed by atoms with Gasteiger partial charge in [0.1, 0.15) is 0 Å². The number of halogens is 3. The van der Waals surface area contributed by atoms with Crippen molar-refractivity contribution in [2.24, 2.45) is 0 Å². The largest absolute Gasteiger partial charge is 0.418 e. The molecule has 0 atom stereocenters. The molecule has 82 valence electrons. The van der Waals surface area contributed by atoms with Gasteiger partial charge in [-0.3, -0.25) is 4.98 Å². The van der Waals surface area contributed by atoms with Crippen molar-refractivity contribution < 1.29 is 18.3 Å². The van der Waals surface area contributed by atoms with E-state index in [1.54, 1.807) is 0 Å². The first-order valence-electron chi connectivity index (χ1n) is 4.63. The van der Waals surface area contributed by atoms with Crippen LogP contribution in [0.2, 0.25) is 0 Å². The number of pyridine rings is 1. The third-order valence-electron chi connectivity index (χ3n) is 2.77. The summed E-state index contributed by atoms with van der Waals surface area (Å²) < 4.78 is 37.9. The number of aromatic nitrogens is 1. The van der Waals surface area contributed by atoms with Crippen LogP contribution in [0.25, 0.3) is 0 Å². The Morgan fingerprint density at radius 1 is 1.40 bits per heavy atom. The van der Waals surface area contributed by atoms with Crippen LogP contribution in [0.5, 0.6) is 0 Å². The quantitative estimate of drug-likeness (QED) is 0.823. The van der Waals surface area contributed by atoms with Crippen LogP contribution in [0.15, 0.2) is 18.3 Å². The molecule has 1 fully saturated rings. The third-order valence-corrected chi connectivity index (χ3v) is 2.77. The zero-order valence-corrected chi connectivity index (χ0v) is 7.88. The maximum Gasteiger partial charge on any atom is 0.418 e. The molecule has 1 aromatic rings. The highest BCUT2D eigenvalue weighted by Crippen LogP contribution is 2.50. The Kier molecular flexibility index (Phi) is 2.22. The number of rotatable bonds is 2. The molecule has 0 unspecified atom stereocenters. The summed E-state index contributed by atoms with van der Waals surface area (Å²) in [6.07, 6.45) is -1.91. The Morgan fingerprint density at radius 3 is 2.53 bits per heavy atom. The summed E-state index contributed by atoms with van der Waals surface area (Å²) in [5.41, 5.74) is -1.48. The molecule has 0 spiro atoms. The maximum absolute atomic E-state index is 12.6. The molecule has 1 heterocycles. The van der Waals surface area contributed by atoms with Crippen LogP contribution in [-0.4, -0.2) is 16.7 Å². The Hall–Kier alpha value is -1.10. The van der Waals surface area contributed by atoms with E-state index in [0.29, 0.717) is 12.8 Å². The topological polar surface area (TPSA) is 33.1 Å². The van der Waals surface area contributed by atoms with Crippen molar-refractivity contribution in [2.45, 2.75) is 24.4 Å². The van der Waals surface area contributed by atoms with Crippen LogP contribution in [-0.2, 0) is 11.6 Å². The maximum atomic E-state index is 12.6. The number of aliphatic hydroxyl groups excluding tert-OH is 1. The molecule has 0 bridgehead atoms. The third kappa shape index (κ3) is 1.71. The second kappa shape index (κ2) is 3.20. The number of nitrogens with zero attached hydrogens (tertiary/aromatic N) is 1. The van der Waals surface area contributed by atoms with E-state index in [1.165, 1.54) is 12.3 Å². The zero-order valence-electron chi connectivity index (χ0n) is 7.88. The van der Waals surface area contributed by atoms with Gasteiger partial charge in [0, 0.05) is 11.6 Å². The van der Waals surface area contributed by atoms with E-state index in [4.69, 9.17) is 5.11 Å². The summed E-state index contributed by atoms with van der Waals surface area (Å²) in [5, 5.41) is 9.09. The first kappa shape index (κ1) is 10.4. The molecule has 2 rings (SSSR count). The monoisotopic (exact) mass is 217 g/mol. The van der Waals surface area contributed by atoms with Gasteiger partial charge in [-0.1, -0.05) is 0 Å². The molecule has 0 amide bonds. The molecule has 15 heavy (non-hydrogen) atoms. The van der Waals surface area contributed by atoms with Gasteiger partial charge in [0.05, 0.1) is 17.9 Å². The first-order valence-corrected chi connectivity index (χ1v) is 4.63. The van der Waals surface area contributed by atoms with Gasteiger partial charge in [0.25, 0.3) is 0 Å². The molecule has 1 saturated carbocycles. The molecule has 1 aliphatic carbocycles. The minimum Gasteiger partial charge on any atom is -0.395 e. The molecular weight excluding hydrogens is 207 g/mol. The fraction of sp³-hybridized carbons (Fsp3) is 0.500. The van der Waals surface area contributed by atoms with E-state index in [-0.39, 0.29) is 12.3 Å². The normalized spacial score (nSPS) is 18.9. The second-order valence-electron chi connectivity index (χ2n) is 3.84. The van der Waals surface area contributed by atoms with Crippen molar-refractivity contribution in [3.05, 3.63) is 29.6 Å². The van der Waals surface area contributed by atoms with Gasteiger partial charge in [0.15, 0.2) is 0 Å². The fourth-order valence-electron chi connectivity index (χ4n) is 1.68. The number of aliphatic hydroxyl groups is 1. The standard InChI is InChI=1S/C10H10F3NO/c11-10(12,13)7-2-1-5-14-8(7)9(6-15)3-4-9/h1-2,5,15H,3-4,6H2. The van der Waals surface area contributed by atoms with Crippen LogP contribution >= 0.6 is 0 Å². The summed E-state index contributed by atoms with van der Waals surface area (Å²) in [4.78, 5) is 3.77. The molecule has 1 aliphatic rings. The Balaban J connectivity index is 2.48.